The molecule has 0 radical (unpaired) electrons. The highest BCUT2D eigenvalue weighted by atomic mass is 16.5. The van der Waals surface area contributed by atoms with Crippen molar-refractivity contribution < 1.29 is 19.1 Å². The number of ether oxygens (including phenoxy) is 2. The first-order valence-electron chi connectivity index (χ1n) is 8.63. The number of esters is 2. The average molecular weight is 310 g/mol. The molecule has 0 aromatic rings. The van der Waals surface area contributed by atoms with Gasteiger partial charge in [0.2, 0.25) is 0 Å². The molecular formula is C18H30O4. The summed E-state index contributed by atoms with van der Waals surface area (Å²) in [5.74, 6) is 2.53. The second kappa shape index (κ2) is 7.47. The fourth-order valence-electron chi connectivity index (χ4n) is 4.87. The van der Waals surface area contributed by atoms with Gasteiger partial charge in [-0.15, -0.1) is 0 Å². The van der Waals surface area contributed by atoms with Crippen LogP contribution in [-0.2, 0) is 19.1 Å². The third kappa shape index (κ3) is 3.64. The Kier molecular flexibility index (Phi) is 5.87. The van der Waals surface area contributed by atoms with Gasteiger partial charge in [-0.25, -0.2) is 0 Å². The first-order valence-corrected chi connectivity index (χ1v) is 8.63. The molecule has 0 aliphatic heterocycles. The van der Waals surface area contributed by atoms with E-state index in [2.05, 4.69) is 13.8 Å². The first-order chi connectivity index (χ1) is 10.5. The number of hydrogen-bond donors (Lipinski definition) is 0. The zero-order chi connectivity index (χ0) is 16.3. The monoisotopic (exact) mass is 310 g/mol. The Morgan fingerprint density at radius 3 is 1.36 bits per heavy atom. The molecule has 0 aromatic heterocycles. The molecule has 2 aliphatic rings. The van der Waals surface area contributed by atoms with Crippen LogP contribution in [0.5, 0.6) is 0 Å². The smallest absolute Gasteiger partial charge is 0.308 e. The van der Waals surface area contributed by atoms with Gasteiger partial charge in [0.25, 0.3) is 0 Å². The van der Waals surface area contributed by atoms with Crippen molar-refractivity contribution in [3.05, 3.63) is 0 Å². The summed E-state index contributed by atoms with van der Waals surface area (Å²) in [6.07, 6.45) is 6.01. The van der Waals surface area contributed by atoms with Crippen molar-refractivity contribution in [2.24, 2.45) is 35.5 Å². The van der Waals surface area contributed by atoms with Gasteiger partial charge in [-0.3, -0.25) is 9.59 Å². The molecule has 4 heteroatoms. The van der Waals surface area contributed by atoms with Crippen LogP contribution in [0.3, 0.4) is 0 Å². The maximum absolute atomic E-state index is 11.7. The molecular weight excluding hydrogens is 280 g/mol. The maximum atomic E-state index is 11.7. The molecule has 0 heterocycles. The summed E-state index contributed by atoms with van der Waals surface area (Å²) in [7, 11) is 2.96. The summed E-state index contributed by atoms with van der Waals surface area (Å²) in [5, 5.41) is 0. The molecule has 0 amide bonds. The largest absolute Gasteiger partial charge is 0.469 e. The Balaban J connectivity index is 1.93. The van der Waals surface area contributed by atoms with Gasteiger partial charge in [-0.1, -0.05) is 13.8 Å². The Morgan fingerprint density at radius 1 is 0.727 bits per heavy atom. The van der Waals surface area contributed by atoms with Crippen LogP contribution in [0.1, 0.15) is 52.4 Å². The molecule has 2 aliphatic carbocycles. The Morgan fingerprint density at radius 2 is 1.09 bits per heavy atom. The fourth-order valence-corrected chi connectivity index (χ4v) is 4.87. The SMILES string of the molecule is COC(=O)C1CCC(C2CCC(C(=O)OC)CC2C)C(C)C1. The third-order valence-electron chi connectivity index (χ3n) is 6.09. The minimum atomic E-state index is -0.0484. The summed E-state index contributed by atoms with van der Waals surface area (Å²) in [4.78, 5) is 23.5. The van der Waals surface area contributed by atoms with E-state index in [1.54, 1.807) is 0 Å². The summed E-state index contributed by atoms with van der Waals surface area (Å²) in [6, 6.07) is 0. The number of carbonyl (C=O) groups excluding carboxylic acids is 2. The molecule has 0 N–H and O–H groups in total. The molecule has 126 valence electrons. The van der Waals surface area contributed by atoms with E-state index in [4.69, 9.17) is 9.47 Å². The van der Waals surface area contributed by atoms with Crippen molar-refractivity contribution in [3.8, 4) is 0 Å². The normalized spacial score (nSPS) is 39.1. The Bertz CT molecular complexity index is 368. The minimum Gasteiger partial charge on any atom is -0.469 e. The van der Waals surface area contributed by atoms with Crippen molar-refractivity contribution in [2.45, 2.75) is 52.4 Å². The zero-order valence-corrected chi connectivity index (χ0v) is 14.3. The Hall–Kier alpha value is -1.06. The predicted octanol–water partition coefficient (Wildman–Crippen LogP) is 3.44. The van der Waals surface area contributed by atoms with Crippen molar-refractivity contribution in [1.82, 2.24) is 0 Å². The molecule has 2 saturated carbocycles. The van der Waals surface area contributed by atoms with Crippen LogP contribution >= 0.6 is 0 Å². The van der Waals surface area contributed by atoms with Crippen LogP contribution in [0.25, 0.3) is 0 Å². The van der Waals surface area contributed by atoms with E-state index in [9.17, 15) is 9.59 Å². The highest BCUT2D eigenvalue weighted by Gasteiger charge is 2.41. The number of carbonyl (C=O) groups is 2. The molecule has 6 atom stereocenters. The van der Waals surface area contributed by atoms with Crippen molar-refractivity contribution in [1.29, 1.82) is 0 Å². The molecule has 0 aromatic carbocycles. The quantitative estimate of drug-likeness (QED) is 0.749. The maximum Gasteiger partial charge on any atom is 0.308 e. The van der Waals surface area contributed by atoms with E-state index in [0.29, 0.717) is 23.7 Å². The van der Waals surface area contributed by atoms with Crippen molar-refractivity contribution >= 4 is 11.9 Å². The second-order valence-corrected chi connectivity index (χ2v) is 7.35. The van der Waals surface area contributed by atoms with Crippen LogP contribution in [0.2, 0.25) is 0 Å². The molecule has 0 bridgehead atoms. The van der Waals surface area contributed by atoms with E-state index in [1.165, 1.54) is 14.2 Å². The van der Waals surface area contributed by atoms with Crippen LogP contribution in [0.4, 0.5) is 0 Å². The van der Waals surface area contributed by atoms with Gasteiger partial charge >= 0.3 is 11.9 Å². The minimum absolute atomic E-state index is 0.0484. The van der Waals surface area contributed by atoms with Gasteiger partial charge in [0.05, 0.1) is 26.1 Å². The number of methoxy groups -OCH3 is 2. The summed E-state index contributed by atoms with van der Waals surface area (Å²) >= 11 is 0. The van der Waals surface area contributed by atoms with Crippen molar-refractivity contribution in [3.63, 3.8) is 0 Å². The number of hydrogen-bond acceptors (Lipinski definition) is 4. The molecule has 0 saturated heterocycles. The highest BCUT2D eigenvalue weighted by molar-refractivity contribution is 5.72. The highest BCUT2D eigenvalue weighted by Crippen LogP contribution is 2.46. The van der Waals surface area contributed by atoms with Gasteiger partial charge in [-0.2, -0.15) is 0 Å². The zero-order valence-electron chi connectivity index (χ0n) is 14.3. The standard InChI is InChI=1S/C18H30O4/c1-11-9-13(17(19)21-3)5-7-15(11)16-8-6-14(10-12(16)2)18(20)22-4/h11-16H,5-10H2,1-4H3. The van der Waals surface area contributed by atoms with Crippen LogP contribution in [0, 0.1) is 35.5 Å². The van der Waals surface area contributed by atoms with Crippen molar-refractivity contribution in [2.75, 3.05) is 14.2 Å². The average Bonchev–Trinajstić information content (AvgIpc) is 2.53. The predicted molar refractivity (Wildman–Crippen MR) is 84.0 cm³/mol. The lowest BCUT2D eigenvalue weighted by Gasteiger charge is -2.43. The van der Waals surface area contributed by atoms with Gasteiger partial charge in [0.15, 0.2) is 0 Å². The number of rotatable bonds is 3. The lowest BCUT2D eigenvalue weighted by atomic mass is 9.61. The van der Waals surface area contributed by atoms with Crippen LogP contribution < -0.4 is 0 Å². The van der Waals surface area contributed by atoms with E-state index in [1.807, 2.05) is 0 Å². The second-order valence-electron chi connectivity index (χ2n) is 7.35. The molecule has 0 spiro atoms. The molecule has 22 heavy (non-hydrogen) atoms. The lowest BCUT2D eigenvalue weighted by molar-refractivity contribution is -0.150. The van der Waals surface area contributed by atoms with E-state index >= 15 is 0 Å². The summed E-state index contributed by atoms with van der Waals surface area (Å²) < 4.78 is 9.80. The van der Waals surface area contributed by atoms with Gasteiger partial charge in [0, 0.05) is 0 Å². The summed E-state index contributed by atoms with van der Waals surface area (Å²) in [6.45, 7) is 4.55. The van der Waals surface area contributed by atoms with E-state index in [-0.39, 0.29) is 23.8 Å². The van der Waals surface area contributed by atoms with E-state index in [0.717, 1.165) is 38.5 Å². The van der Waals surface area contributed by atoms with Gasteiger partial charge in [0.1, 0.15) is 0 Å². The third-order valence-corrected chi connectivity index (χ3v) is 6.09. The molecule has 2 fully saturated rings. The lowest BCUT2D eigenvalue weighted by Crippen LogP contribution is -2.38. The molecule has 2 rings (SSSR count). The first kappa shape index (κ1) is 17.3. The summed E-state index contributed by atoms with van der Waals surface area (Å²) in [5.41, 5.74) is 0. The molecule has 6 unspecified atom stereocenters. The van der Waals surface area contributed by atoms with E-state index < -0.39 is 0 Å². The van der Waals surface area contributed by atoms with Crippen LogP contribution in [0.15, 0.2) is 0 Å². The fraction of sp³-hybridized carbons (Fsp3) is 0.889. The van der Waals surface area contributed by atoms with Gasteiger partial charge in [-0.05, 0) is 62.2 Å². The van der Waals surface area contributed by atoms with Gasteiger partial charge < -0.3 is 9.47 Å². The topological polar surface area (TPSA) is 52.6 Å². The Labute approximate surface area is 133 Å². The molecule has 4 nitrogen and oxygen atoms in total. The van der Waals surface area contributed by atoms with Crippen LogP contribution in [-0.4, -0.2) is 26.2 Å².